The number of methoxy groups -OCH3 is 1. The summed E-state index contributed by atoms with van der Waals surface area (Å²) in [6.45, 7) is 0.376. The van der Waals surface area contributed by atoms with Gasteiger partial charge in [0.05, 0.1) is 7.11 Å². The van der Waals surface area contributed by atoms with Gasteiger partial charge in [0.25, 0.3) is 0 Å². The van der Waals surface area contributed by atoms with Gasteiger partial charge in [0.2, 0.25) is 17.7 Å². The van der Waals surface area contributed by atoms with Gasteiger partial charge in [-0.2, -0.15) is 0 Å². The standard InChI is InChI=1S/C33H39N5O5/c1-43-27-15-11-22(12-16-27)5-4-6-24(20-31(39)38-42)32(40)37-30(19-25-21-36-29-8-3-2-7-28(25)29)33(41)35-18-17-23-9-13-26(34)14-10-23/h2-3,7-16,21,24,30,36,42H,4-6,17-20,34H2,1H3,(H,35,41)(H,37,40)(H,38,39)/t24-,30+/m0/s1. The molecule has 4 rings (SSSR count). The fourth-order valence-corrected chi connectivity index (χ4v) is 5.10. The summed E-state index contributed by atoms with van der Waals surface area (Å²) >= 11 is 0. The van der Waals surface area contributed by atoms with Gasteiger partial charge in [0.15, 0.2) is 0 Å². The predicted molar refractivity (Wildman–Crippen MR) is 165 cm³/mol. The van der Waals surface area contributed by atoms with Crippen LogP contribution in [0.15, 0.2) is 79.0 Å². The van der Waals surface area contributed by atoms with Crippen LogP contribution in [0.25, 0.3) is 10.9 Å². The molecule has 0 saturated heterocycles. The molecule has 10 nitrogen and oxygen atoms in total. The molecule has 3 aromatic carbocycles. The third-order valence-electron chi connectivity index (χ3n) is 7.53. The SMILES string of the molecule is COc1ccc(CCC[C@@H](CC(=O)NO)C(=O)N[C@H](Cc2c[nH]c3ccccc23)C(=O)NCCc2ccc(N)cc2)cc1. The van der Waals surface area contributed by atoms with Crippen LogP contribution in [0.4, 0.5) is 5.69 Å². The van der Waals surface area contributed by atoms with Crippen LogP contribution in [0.2, 0.25) is 0 Å². The number of nitrogen functional groups attached to an aromatic ring is 1. The van der Waals surface area contributed by atoms with Crippen LogP contribution in [-0.4, -0.2) is 47.6 Å². The number of anilines is 1. The summed E-state index contributed by atoms with van der Waals surface area (Å²) in [6.07, 6.45) is 4.21. The number of nitrogens with one attached hydrogen (secondary N) is 4. The van der Waals surface area contributed by atoms with E-state index in [1.165, 1.54) is 0 Å². The number of amides is 3. The largest absolute Gasteiger partial charge is 0.497 e. The lowest BCUT2D eigenvalue weighted by molar-refractivity contribution is -0.136. The van der Waals surface area contributed by atoms with Crippen LogP contribution >= 0.6 is 0 Å². The first-order chi connectivity index (χ1) is 20.9. The minimum absolute atomic E-state index is 0.205. The predicted octanol–water partition coefficient (Wildman–Crippen LogP) is 3.68. The van der Waals surface area contributed by atoms with E-state index in [1.54, 1.807) is 12.6 Å². The maximum atomic E-state index is 13.6. The van der Waals surface area contributed by atoms with E-state index in [1.807, 2.05) is 79.0 Å². The number of ether oxygens (including phenoxy) is 1. The van der Waals surface area contributed by atoms with Crippen molar-refractivity contribution in [2.75, 3.05) is 19.4 Å². The third kappa shape index (κ3) is 9.08. The van der Waals surface area contributed by atoms with E-state index in [-0.39, 0.29) is 18.7 Å². The minimum atomic E-state index is -0.876. The fourth-order valence-electron chi connectivity index (χ4n) is 5.10. The van der Waals surface area contributed by atoms with Crippen LogP contribution in [0, 0.1) is 5.92 Å². The Kier molecular flexibility index (Phi) is 11.2. The Balaban J connectivity index is 1.45. The summed E-state index contributed by atoms with van der Waals surface area (Å²) in [5, 5.41) is 16.0. The molecular weight excluding hydrogens is 546 g/mol. The number of rotatable bonds is 15. The highest BCUT2D eigenvalue weighted by atomic mass is 16.5. The first-order valence-electron chi connectivity index (χ1n) is 14.4. The van der Waals surface area contributed by atoms with Crippen molar-refractivity contribution in [3.63, 3.8) is 0 Å². The van der Waals surface area contributed by atoms with Crippen LogP contribution in [0.3, 0.4) is 0 Å². The van der Waals surface area contributed by atoms with Crippen molar-refractivity contribution in [1.29, 1.82) is 0 Å². The quantitative estimate of drug-likeness (QED) is 0.0710. The molecule has 0 unspecified atom stereocenters. The second kappa shape index (κ2) is 15.4. The molecule has 3 amide bonds. The highest BCUT2D eigenvalue weighted by Crippen LogP contribution is 2.21. The summed E-state index contributed by atoms with van der Waals surface area (Å²) in [5.74, 6) is -1.38. The molecule has 0 saturated carbocycles. The Labute approximate surface area is 251 Å². The summed E-state index contributed by atoms with van der Waals surface area (Å²) < 4.78 is 5.21. The van der Waals surface area contributed by atoms with Gasteiger partial charge in [-0.3, -0.25) is 19.6 Å². The molecule has 4 aromatic rings. The maximum Gasteiger partial charge on any atom is 0.244 e. The van der Waals surface area contributed by atoms with Crippen molar-refractivity contribution >= 4 is 34.3 Å². The first-order valence-corrected chi connectivity index (χ1v) is 14.4. The van der Waals surface area contributed by atoms with Crippen LogP contribution in [-0.2, 0) is 33.6 Å². The number of aromatic nitrogens is 1. The molecule has 2 atom stereocenters. The molecule has 43 heavy (non-hydrogen) atoms. The molecule has 0 aliphatic heterocycles. The maximum absolute atomic E-state index is 13.6. The second-order valence-electron chi connectivity index (χ2n) is 10.6. The van der Waals surface area contributed by atoms with E-state index >= 15 is 0 Å². The van der Waals surface area contributed by atoms with E-state index in [0.29, 0.717) is 37.9 Å². The zero-order valence-corrected chi connectivity index (χ0v) is 24.3. The zero-order chi connectivity index (χ0) is 30.6. The topological polar surface area (TPSA) is 159 Å². The summed E-state index contributed by atoms with van der Waals surface area (Å²) in [4.78, 5) is 42.3. The number of H-pyrrole nitrogens is 1. The third-order valence-corrected chi connectivity index (χ3v) is 7.53. The number of fused-ring (bicyclic) bond motifs is 1. The smallest absolute Gasteiger partial charge is 0.244 e. The van der Waals surface area contributed by atoms with E-state index in [0.717, 1.165) is 33.3 Å². The van der Waals surface area contributed by atoms with Crippen molar-refractivity contribution < 1.29 is 24.3 Å². The summed E-state index contributed by atoms with van der Waals surface area (Å²) in [7, 11) is 1.61. The lowest BCUT2D eigenvalue weighted by Crippen LogP contribution is -2.50. The molecule has 0 fully saturated rings. The molecule has 10 heteroatoms. The second-order valence-corrected chi connectivity index (χ2v) is 10.6. The van der Waals surface area contributed by atoms with Crippen LogP contribution in [0.5, 0.6) is 5.75 Å². The van der Waals surface area contributed by atoms with Crippen molar-refractivity contribution in [2.45, 2.75) is 44.6 Å². The number of hydrogen-bond acceptors (Lipinski definition) is 6. The molecule has 7 N–H and O–H groups in total. The average molecular weight is 586 g/mol. The van der Waals surface area contributed by atoms with E-state index < -0.39 is 23.8 Å². The number of hydrogen-bond donors (Lipinski definition) is 6. The number of carbonyl (C=O) groups is 3. The number of para-hydroxylation sites is 1. The molecule has 0 aliphatic carbocycles. The summed E-state index contributed by atoms with van der Waals surface area (Å²) in [6, 6.07) is 22.0. The molecule has 0 radical (unpaired) electrons. The van der Waals surface area contributed by atoms with Crippen molar-refractivity contribution in [3.8, 4) is 5.75 Å². The van der Waals surface area contributed by atoms with Crippen molar-refractivity contribution in [3.05, 3.63) is 95.7 Å². The van der Waals surface area contributed by atoms with Gasteiger partial charge in [0.1, 0.15) is 11.8 Å². The molecule has 0 spiro atoms. The average Bonchev–Trinajstić information content (AvgIpc) is 3.44. The molecule has 226 valence electrons. The Morgan fingerprint density at radius 3 is 2.35 bits per heavy atom. The van der Waals surface area contributed by atoms with Crippen molar-refractivity contribution in [2.24, 2.45) is 5.92 Å². The Morgan fingerprint density at radius 2 is 1.63 bits per heavy atom. The van der Waals surface area contributed by atoms with Gasteiger partial charge in [-0.25, -0.2) is 5.48 Å². The summed E-state index contributed by atoms with van der Waals surface area (Å²) in [5.41, 5.74) is 12.0. The van der Waals surface area contributed by atoms with Gasteiger partial charge >= 0.3 is 0 Å². The van der Waals surface area contributed by atoms with Crippen molar-refractivity contribution in [1.82, 2.24) is 21.1 Å². The van der Waals surface area contributed by atoms with Gasteiger partial charge in [-0.15, -0.1) is 0 Å². The normalized spacial score (nSPS) is 12.3. The van der Waals surface area contributed by atoms with Crippen LogP contribution in [0.1, 0.15) is 36.0 Å². The van der Waals surface area contributed by atoms with Gasteiger partial charge < -0.3 is 26.1 Å². The number of benzene rings is 3. The molecular formula is C33H39N5O5. The fraction of sp³-hybridized carbons (Fsp3) is 0.303. The van der Waals surface area contributed by atoms with E-state index in [9.17, 15) is 14.4 Å². The zero-order valence-electron chi connectivity index (χ0n) is 24.3. The Bertz CT molecular complexity index is 1500. The van der Waals surface area contributed by atoms with E-state index in [2.05, 4.69) is 15.6 Å². The lowest BCUT2D eigenvalue weighted by Gasteiger charge is -2.22. The number of nitrogens with two attached hydrogens (primary N) is 1. The van der Waals surface area contributed by atoms with Gasteiger partial charge in [-0.1, -0.05) is 42.5 Å². The first kappa shape index (κ1) is 31.1. The Hall–Kier alpha value is -4.83. The highest BCUT2D eigenvalue weighted by molar-refractivity contribution is 5.91. The number of aryl methyl sites for hydroxylation is 1. The van der Waals surface area contributed by atoms with Gasteiger partial charge in [-0.05, 0) is 72.7 Å². The molecule has 1 aromatic heterocycles. The van der Waals surface area contributed by atoms with Crippen LogP contribution < -0.4 is 26.6 Å². The Morgan fingerprint density at radius 1 is 0.930 bits per heavy atom. The number of hydroxylamine groups is 1. The lowest BCUT2D eigenvalue weighted by atomic mass is 9.94. The number of carbonyl (C=O) groups excluding carboxylic acids is 3. The number of aromatic amines is 1. The van der Waals surface area contributed by atoms with E-state index in [4.69, 9.17) is 15.7 Å². The molecule has 0 bridgehead atoms. The molecule has 1 heterocycles. The minimum Gasteiger partial charge on any atom is -0.497 e. The monoisotopic (exact) mass is 585 g/mol. The molecule has 0 aliphatic rings. The van der Waals surface area contributed by atoms with Gasteiger partial charge in [0, 0.05) is 48.1 Å². The highest BCUT2D eigenvalue weighted by Gasteiger charge is 2.28.